The fourth-order valence-corrected chi connectivity index (χ4v) is 16.8. The van der Waals surface area contributed by atoms with Crippen LogP contribution in [0.15, 0.2) is 41.0 Å². The summed E-state index contributed by atoms with van der Waals surface area (Å²) >= 11 is 0. The lowest BCUT2D eigenvalue weighted by Gasteiger charge is -2.63. The van der Waals surface area contributed by atoms with E-state index in [1.807, 2.05) is 24.1 Å². The highest BCUT2D eigenvalue weighted by Crippen LogP contribution is 2.69. The maximum atomic E-state index is 16.5. The fourth-order valence-electron chi connectivity index (χ4n) is 16.8. The highest BCUT2D eigenvalue weighted by Gasteiger charge is 2.66. The highest BCUT2D eigenvalue weighted by molar-refractivity contribution is 5.93. The van der Waals surface area contributed by atoms with Crippen LogP contribution >= 0.6 is 0 Å². The molecule has 0 aliphatic heterocycles. The van der Waals surface area contributed by atoms with Gasteiger partial charge in [-0.1, -0.05) is 45.3 Å². The second-order valence-electron chi connectivity index (χ2n) is 22.9. The van der Waals surface area contributed by atoms with Crippen LogP contribution in [0.5, 0.6) is 0 Å². The van der Waals surface area contributed by atoms with Crippen LogP contribution in [0.2, 0.25) is 0 Å². The van der Waals surface area contributed by atoms with Crippen molar-refractivity contribution >= 4 is 17.4 Å². The summed E-state index contributed by atoms with van der Waals surface area (Å²) in [7, 11) is 3.37. The van der Waals surface area contributed by atoms with Gasteiger partial charge in [-0.15, -0.1) is 5.92 Å². The molecule has 64 heavy (non-hydrogen) atoms. The van der Waals surface area contributed by atoms with E-state index in [-0.39, 0.29) is 64.1 Å². The van der Waals surface area contributed by atoms with Gasteiger partial charge in [0, 0.05) is 37.8 Å². The van der Waals surface area contributed by atoms with Gasteiger partial charge in [0.05, 0.1) is 37.7 Å². The molecule has 3 unspecified atom stereocenters. The van der Waals surface area contributed by atoms with E-state index in [9.17, 15) is 24.9 Å². The summed E-state index contributed by atoms with van der Waals surface area (Å²) in [6.45, 7) is 12.0. The SMILES string of the molecule is CC#C[C@]1(O)CCC2C3CCC4=CC(=O)CCC4=C3[C@@H](c3ccc(N(C)CCO[C@H]4CC[C@@]5(C)[C@@H](C4)C[C@@H](O)[C@@H]4[C@@H]5C[C@H](O)[C@]5(C)C([C@H](C)CCC(=O)OC)CC[C@@H]45)c(F)c3)C[C@@]21C. The van der Waals surface area contributed by atoms with E-state index in [4.69, 9.17) is 9.47 Å². The molecule has 16 atom stereocenters. The molecule has 8 aliphatic carbocycles. The molecule has 1 aromatic carbocycles. The Bertz CT molecular complexity index is 2120. The molecule has 9 rings (SSSR count). The Balaban J connectivity index is 0.852. The van der Waals surface area contributed by atoms with Crippen molar-refractivity contribution in [2.75, 3.05) is 32.2 Å². The number of fused-ring (bicyclic) bond motifs is 9. The van der Waals surface area contributed by atoms with Crippen LogP contribution < -0.4 is 4.90 Å². The summed E-state index contributed by atoms with van der Waals surface area (Å²) in [6.07, 6.45) is 14.0. The molecular formula is C55H76FNO7. The van der Waals surface area contributed by atoms with Crippen molar-refractivity contribution in [3.8, 4) is 11.8 Å². The van der Waals surface area contributed by atoms with Crippen LogP contribution in [0, 0.1) is 81.2 Å². The van der Waals surface area contributed by atoms with E-state index in [1.165, 1.54) is 23.8 Å². The van der Waals surface area contributed by atoms with Gasteiger partial charge in [0.15, 0.2) is 5.78 Å². The van der Waals surface area contributed by atoms with Crippen LogP contribution in [0.25, 0.3) is 0 Å². The number of ketones is 1. The second kappa shape index (κ2) is 17.2. The first kappa shape index (κ1) is 46.1. The van der Waals surface area contributed by atoms with Crippen molar-refractivity contribution in [1.29, 1.82) is 0 Å². The smallest absolute Gasteiger partial charge is 0.305 e. The largest absolute Gasteiger partial charge is 0.469 e. The van der Waals surface area contributed by atoms with E-state index in [0.717, 1.165) is 82.6 Å². The first-order chi connectivity index (χ1) is 30.5. The van der Waals surface area contributed by atoms with Crippen LogP contribution in [0.1, 0.15) is 149 Å². The summed E-state index contributed by atoms with van der Waals surface area (Å²) < 4.78 is 28.0. The number of hydrogen-bond donors (Lipinski definition) is 3. The van der Waals surface area contributed by atoms with Crippen molar-refractivity contribution in [3.05, 3.63) is 52.4 Å². The Labute approximate surface area is 382 Å². The number of ether oxygens (including phenoxy) is 2. The molecule has 0 heterocycles. The molecule has 0 radical (unpaired) electrons. The third-order valence-electron chi connectivity index (χ3n) is 20.3. The molecule has 350 valence electrons. The lowest BCUT2D eigenvalue weighted by Crippen LogP contribution is -2.62. The number of methoxy groups -OCH3 is 1. The van der Waals surface area contributed by atoms with Crippen LogP contribution in [0.4, 0.5) is 10.1 Å². The third kappa shape index (κ3) is 7.37. The molecule has 6 fully saturated rings. The first-order valence-electron chi connectivity index (χ1n) is 25.2. The van der Waals surface area contributed by atoms with E-state index in [1.54, 1.807) is 13.0 Å². The topological polar surface area (TPSA) is 117 Å². The van der Waals surface area contributed by atoms with Crippen LogP contribution in [0.3, 0.4) is 0 Å². The minimum Gasteiger partial charge on any atom is -0.469 e. The van der Waals surface area contributed by atoms with E-state index >= 15 is 4.39 Å². The van der Waals surface area contributed by atoms with Crippen LogP contribution in [-0.2, 0) is 19.1 Å². The minimum atomic E-state index is -1.08. The number of aliphatic hydroxyl groups is 3. The maximum absolute atomic E-state index is 16.5. The number of anilines is 1. The molecule has 0 spiro atoms. The van der Waals surface area contributed by atoms with Crippen molar-refractivity contribution in [2.45, 2.75) is 167 Å². The Kier molecular flexibility index (Phi) is 12.4. The van der Waals surface area contributed by atoms with Gasteiger partial charge in [-0.3, -0.25) is 9.59 Å². The van der Waals surface area contributed by atoms with Gasteiger partial charge in [-0.2, -0.15) is 0 Å². The quantitative estimate of drug-likeness (QED) is 0.157. The molecule has 0 bridgehead atoms. The predicted octanol–water partition coefficient (Wildman–Crippen LogP) is 9.49. The lowest BCUT2D eigenvalue weighted by atomic mass is 9.43. The monoisotopic (exact) mass is 882 g/mol. The fraction of sp³-hybridized carbons (Fsp3) is 0.745. The van der Waals surface area contributed by atoms with E-state index < -0.39 is 23.2 Å². The highest BCUT2D eigenvalue weighted by atomic mass is 19.1. The Hall–Kier alpha value is -3.03. The number of hydrogen-bond acceptors (Lipinski definition) is 8. The van der Waals surface area contributed by atoms with Gasteiger partial charge < -0.3 is 29.7 Å². The summed E-state index contributed by atoms with van der Waals surface area (Å²) in [5, 5.41) is 36.1. The number of allylic oxidation sites excluding steroid dienone is 4. The van der Waals surface area contributed by atoms with E-state index in [2.05, 4.69) is 45.6 Å². The Morgan fingerprint density at radius 2 is 1.80 bits per heavy atom. The average Bonchev–Trinajstić information content (AvgIpc) is 3.76. The molecule has 0 aromatic heterocycles. The van der Waals surface area contributed by atoms with Gasteiger partial charge in [-0.05, 0) is 190 Å². The summed E-state index contributed by atoms with van der Waals surface area (Å²) in [5.41, 5.74) is 3.58. The second-order valence-corrected chi connectivity index (χ2v) is 22.9. The molecule has 0 amide bonds. The Morgan fingerprint density at radius 1 is 1.00 bits per heavy atom. The van der Waals surface area contributed by atoms with Gasteiger partial charge in [-0.25, -0.2) is 4.39 Å². The number of benzene rings is 1. The summed E-state index contributed by atoms with van der Waals surface area (Å²) in [4.78, 5) is 26.5. The minimum absolute atomic E-state index is 0.0273. The summed E-state index contributed by atoms with van der Waals surface area (Å²) in [5.74, 6) is 8.15. The molecule has 1 aromatic rings. The number of aliphatic hydroxyl groups excluding tert-OH is 2. The molecule has 8 aliphatic rings. The lowest BCUT2D eigenvalue weighted by molar-refractivity contribution is -0.209. The normalized spacial score (nSPS) is 42.7. The van der Waals surface area contributed by atoms with Crippen molar-refractivity contribution < 1.29 is 38.8 Å². The third-order valence-corrected chi connectivity index (χ3v) is 20.3. The predicted molar refractivity (Wildman–Crippen MR) is 246 cm³/mol. The molecule has 9 heteroatoms. The molecule has 3 N–H and O–H groups in total. The van der Waals surface area contributed by atoms with Gasteiger partial charge in [0.25, 0.3) is 0 Å². The Morgan fingerprint density at radius 3 is 2.55 bits per heavy atom. The van der Waals surface area contributed by atoms with Crippen molar-refractivity contribution in [3.63, 3.8) is 0 Å². The zero-order chi connectivity index (χ0) is 45.5. The number of esters is 1. The number of carbonyl (C=O) groups excluding carboxylic acids is 2. The summed E-state index contributed by atoms with van der Waals surface area (Å²) in [6, 6.07) is 5.73. The number of halogens is 1. The first-order valence-corrected chi connectivity index (χ1v) is 25.2. The van der Waals surface area contributed by atoms with Crippen molar-refractivity contribution in [2.24, 2.45) is 63.6 Å². The zero-order valence-electron chi connectivity index (χ0n) is 39.8. The zero-order valence-corrected chi connectivity index (χ0v) is 39.8. The van der Waals surface area contributed by atoms with Crippen LogP contribution in [-0.4, -0.2) is 78.3 Å². The maximum Gasteiger partial charge on any atom is 0.305 e. The van der Waals surface area contributed by atoms with E-state index in [0.29, 0.717) is 68.2 Å². The standard InChI is InChI=1S/C55H76FNO7/c1-8-21-55(62)23-20-42-39-13-10-33-26-36(58)12-14-38(33)50(39)40(31-53(42,55)4)34-11-17-46(45(56)27-34)57(6)24-25-64-37-19-22-52(3)35(28-37)29-47(59)51-43-16-15-41(32(2)9-18-49(61)63-7)54(43,5)48(60)30-44(51)52/h11,17,26-27,32,35,37,39-44,47-48,51,59-60,62H,9-10,12-16,18-20,22-25,28-31H2,1-7H3/t32-,35+,37+,39?,40-,41?,42?,43+,44+,47-,48+,51+,52+,53+,54-,55+/m1/s1. The number of nitrogens with zero attached hydrogens (tertiary/aromatic N) is 1. The number of rotatable bonds is 10. The van der Waals surface area contributed by atoms with Gasteiger partial charge in [0.2, 0.25) is 0 Å². The molecule has 8 nitrogen and oxygen atoms in total. The average molecular weight is 882 g/mol. The molecular weight excluding hydrogens is 806 g/mol. The van der Waals surface area contributed by atoms with Gasteiger partial charge >= 0.3 is 5.97 Å². The number of likely N-dealkylation sites (N-methyl/N-ethyl adjacent to an activating group) is 1. The number of carbonyl (C=O) groups is 2. The van der Waals surface area contributed by atoms with Crippen molar-refractivity contribution in [1.82, 2.24) is 0 Å². The van der Waals surface area contributed by atoms with Gasteiger partial charge in [0.1, 0.15) is 11.4 Å². The molecule has 0 saturated heterocycles. The molecule has 6 saturated carbocycles.